The predicted molar refractivity (Wildman–Crippen MR) is 139 cm³/mol. The fourth-order valence-corrected chi connectivity index (χ4v) is 2.72. The van der Waals surface area contributed by atoms with Gasteiger partial charge in [0.15, 0.2) is 5.69 Å². The maximum atomic E-state index is 12.3. The van der Waals surface area contributed by atoms with Gasteiger partial charge in [-0.15, -0.1) is 17.3 Å². The summed E-state index contributed by atoms with van der Waals surface area (Å²) < 4.78 is 12.3. The summed E-state index contributed by atoms with van der Waals surface area (Å²) in [5.74, 6) is -0.280. The molecule has 0 bridgehead atoms. The Balaban J connectivity index is -0.000000741. The van der Waals surface area contributed by atoms with E-state index >= 15 is 0 Å². The fourth-order valence-electron chi connectivity index (χ4n) is 2.72. The van der Waals surface area contributed by atoms with E-state index in [0.29, 0.717) is 17.9 Å². The van der Waals surface area contributed by atoms with Gasteiger partial charge in [0.25, 0.3) is 0 Å². The van der Waals surface area contributed by atoms with E-state index in [4.69, 9.17) is 0 Å². The number of rotatable bonds is 9. The Morgan fingerprint density at radius 2 is 1.68 bits per heavy atom. The first-order valence-corrected chi connectivity index (χ1v) is 10.6. The van der Waals surface area contributed by atoms with E-state index in [1.54, 1.807) is 42.7 Å². The number of nitrogens with zero attached hydrogens (tertiary/aromatic N) is 4. The van der Waals surface area contributed by atoms with Crippen molar-refractivity contribution in [2.24, 2.45) is 4.99 Å². The summed E-state index contributed by atoms with van der Waals surface area (Å²) in [6.45, 7) is 1.43. The van der Waals surface area contributed by atoms with Crippen molar-refractivity contribution in [1.29, 1.82) is 0 Å². The molecule has 0 saturated heterocycles. The van der Waals surface area contributed by atoms with Crippen LogP contribution in [0.4, 0.5) is 21.5 Å². The summed E-state index contributed by atoms with van der Waals surface area (Å²) >= 11 is 0. The van der Waals surface area contributed by atoms with Crippen LogP contribution in [0.15, 0.2) is 71.7 Å². The van der Waals surface area contributed by atoms with Gasteiger partial charge >= 0.3 is 37.7 Å². The van der Waals surface area contributed by atoms with Crippen LogP contribution in [-0.4, -0.2) is 62.0 Å². The van der Waals surface area contributed by atoms with Crippen molar-refractivity contribution in [3.63, 3.8) is 0 Å². The molecular weight excluding hydrogens is 477 g/mol. The molecule has 0 atom stereocenters. The Kier molecular flexibility index (Phi) is 19.6. The second-order valence-corrected chi connectivity index (χ2v) is 7.57. The second-order valence-electron chi connectivity index (χ2n) is 7.57. The largest absolute Gasteiger partial charge is 1.00 e. The van der Waals surface area contributed by atoms with Gasteiger partial charge in [0.1, 0.15) is 5.82 Å². The minimum Gasteiger partial charge on any atom is -1.00 e. The van der Waals surface area contributed by atoms with Gasteiger partial charge in [-0.1, -0.05) is 12.1 Å². The van der Waals surface area contributed by atoms with Crippen LogP contribution in [0.3, 0.4) is 0 Å². The molecule has 0 aliphatic heterocycles. The van der Waals surface area contributed by atoms with E-state index in [1.807, 2.05) is 43.1 Å². The number of likely N-dealkylation sites (N-methyl/N-ethyl adjacent to an activating group) is 2. The minimum absolute atomic E-state index is 0. The number of nitro groups is 1. The molecule has 192 valence electrons. The first-order chi connectivity index (χ1) is 16.8. The van der Waals surface area contributed by atoms with Crippen LogP contribution in [0, 0.1) is 28.1 Å². The third-order valence-corrected chi connectivity index (χ3v) is 4.59. The monoisotopic (exact) mass is 504 g/mol. The number of nitro benzene ring substituents is 1. The average molecular weight is 504 g/mol. The standard InChI is InChI=1S/C18H19N4O2.C9H6FO.2Li.H2O.H/c1-20(2)11-12-21(3)18-13-16(9-10-17(18)22(23)24)19-14-15-7-5-4-6-8-15;10-9-5-3-8(4-6-9)2-1-7-11;;;;/h5-10H,11-12H2,1-3H3;1-6H;;;1H2;/q-3;-1;2*+1;;-1/p-1/b;2-1+;;;;. The van der Waals surface area contributed by atoms with E-state index in [-0.39, 0.29) is 56.1 Å². The molecule has 0 amide bonds. The number of hydrogen-bond acceptors (Lipinski definition) is 7. The van der Waals surface area contributed by atoms with E-state index in [0.717, 1.165) is 17.7 Å². The van der Waals surface area contributed by atoms with E-state index in [2.05, 4.69) is 23.3 Å². The van der Waals surface area contributed by atoms with Crippen molar-refractivity contribution in [3.05, 3.63) is 106 Å². The smallest absolute Gasteiger partial charge is 1.00 e. The van der Waals surface area contributed by atoms with Crippen molar-refractivity contribution < 1.29 is 58.7 Å². The summed E-state index contributed by atoms with van der Waals surface area (Å²) in [6.07, 6.45) is 7.31. The molecule has 38 heavy (non-hydrogen) atoms. The Labute approximate surface area is 248 Å². The first-order valence-electron chi connectivity index (χ1n) is 10.6. The van der Waals surface area contributed by atoms with Gasteiger partial charge in [-0.05, 0) is 44.4 Å². The number of allylic oxidation sites excluding steroid dienone is 1. The number of hydrogen-bond donors (Lipinski definition) is 0. The zero-order valence-corrected chi connectivity index (χ0v) is 22.2. The SMILES string of the molecule is CN(C)CCN(C)c1[c-]c(N=[C-]c2cc[c-]cc2)ccc1[N+](=O)[O-].O=[C-]/C=C/c1ccc(F)cc1.[H-].[Li+].[Li+].[OH-]. The summed E-state index contributed by atoms with van der Waals surface area (Å²) in [7, 11) is 5.73. The third kappa shape index (κ3) is 13.5. The maximum Gasteiger partial charge on any atom is 1.00 e. The summed E-state index contributed by atoms with van der Waals surface area (Å²) in [6, 6.07) is 22.0. The van der Waals surface area contributed by atoms with Gasteiger partial charge < -0.3 is 26.5 Å². The van der Waals surface area contributed by atoms with E-state index in [9.17, 15) is 19.3 Å². The normalized spacial score (nSPS) is 10.0. The predicted octanol–water partition coefficient (Wildman–Crippen LogP) is -1.29. The summed E-state index contributed by atoms with van der Waals surface area (Å²) in [4.78, 5) is 28.7. The quantitative estimate of drug-likeness (QED) is 0.0897. The number of halogens is 1. The molecule has 0 aromatic heterocycles. The molecule has 0 spiro atoms. The van der Waals surface area contributed by atoms with Crippen LogP contribution in [0.5, 0.6) is 0 Å². The zero-order valence-electron chi connectivity index (χ0n) is 23.2. The molecule has 3 aromatic rings. The van der Waals surface area contributed by atoms with Crippen LogP contribution in [0.25, 0.3) is 6.08 Å². The molecule has 0 radical (unpaired) electrons. The van der Waals surface area contributed by atoms with Crippen LogP contribution >= 0.6 is 0 Å². The van der Waals surface area contributed by atoms with Gasteiger partial charge in [0.2, 0.25) is 0 Å². The molecule has 0 fully saturated rings. The molecule has 0 saturated carbocycles. The van der Waals surface area contributed by atoms with Crippen molar-refractivity contribution >= 4 is 35.6 Å². The van der Waals surface area contributed by atoms with Gasteiger partial charge in [0.05, 0.1) is 0 Å². The van der Waals surface area contributed by atoms with Crippen molar-refractivity contribution in [2.45, 2.75) is 0 Å². The molecule has 0 heterocycles. The zero-order chi connectivity index (χ0) is 25.6. The van der Waals surface area contributed by atoms with Crippen molar-refractivity contribution in [3.8, 4) is 0 Å². The molecule has 1 N–H and O–H groups in total. The maximum absolute atomic E-state index is 12.3. The van der Waals surface area contributed by atoms with Gasteiger partial charge in [0, 0.05) is 25.1 Å². The second kappa shape index (κ2) is 20.0. The Hall–Kier alpha value is -3.02. The Morgan fingerprint density at radius 1 is 1.05 bits per heavy atom. The molecular formula is C27H27FLi2N4O4-4. The molecule has 3 aromatic carbocycles. The summed E-state index contributed by atoms with van der Waals surface area (Å²) in [5.41, 5.74) is 2.54. The average Bonchev–Trinajstić information content (AvgIpc) is 2.86. The minimum atomic E-state index is -0.401. The Bertz CT molecular complexity index is 1170. The van der Waals surface area contributed by atoms with Crippen LogP contribution in [0.2, 0.25) is 0 Å². The number of aliphatic imine (C=N–C) groups is 1. The number of benzene rings is 3. The van der Waals surface area contributed by atoms with Gasteiger partial charge in [-0.2, -0.15) is 54.1 Å². The van der Waals surface area contributed by atoms with Gasteiger partial charge in [-0.25, -0.2) is 10.5 Å². The number of carbonyl (C=O) groups excluding carboxylic acids is 1. The molecule has 0 aliphatic rings. The first kappa shape index (κ1) is 37.1. The van der Waals surface area contributed by atoms with Crippen molar-refractivity contribution in [1.82, 2.24) is 4.90 Å². The van der Waals surface area contributed by atoms with Gasteiger partial charge in [-0.3, -0.25) is 10.1 Å². The fraction of sp³-hybridized carbons (Fsp3) is 0.185. The van der Waals surface area contributed by atoms with Crippen LogP contribution in [-0.2, 0) is 4.79 Å². The molecule has 8 nitrogen and oxygen atoms in total. The molecule has 11 heteroatoms. The molecule has 3 rings (SSSR count). The number of anilines is 1. The van der Waals surface area contributed by atoms with Crippen molar-refractivity contribution in [2.75, 3.05) is 39.1 Å². The topological polar surface area (TPSA) is 109 Å². The molecule has 0 unspecified atom stereocenters. The third-order valence-electron chi connectivity index (χ3n) is 4.59. The van der Waals surface area contributed by atoms with E-state index in [1.165, 1.54) is 24.3 Å². The van der Waals surface area contributed by atoms with Crippen LogP contribution in [0.1, 0.15) is 12.6 Å². The van der Waals surface area contributed by atoms with E-state index < -0.39 is 4.92 Å². The van der Waals surface area contributed by atoms with Crippen LogP contribution < -0.4 is 42.6 Å². The summed E-state index contributed by atoms with van der Waals surface area (Å²) in [5, 5.41) is 11.3. The Morgan fingerprint density at radius 3 is 2.24 bits per heavy atom. The molecule has 0 aliphatic carbocycles.